The maximum absolute atomic E-state index is 12.5. The van der Waals surface area contributed by atoms with Crippen LogP contribution >= 0.6 is 11.6 Å². The molecule has 0 spiro atoms. The highest BCUT2D eigenvalue weighted by molar-refractivity contribution is 6.33. The molecule has 5 heteroatoms. The Morgan fingerprint density at radius 3 is 2.65 bits per heavy atom. The number of benzene rings is 1. The van der Waals surface area contributed by atoms with Crippen molar-refractivity contribution in [3.05, 3.63) is 53.2 Å². The predicted octanol–water partition coefficient (Wildman–Crippen LogP) is 4.22. The average molecular weight is 257 g/mol. The van der Waals surface area contributed by atoms with Gasteiger partial charge in [-0.3, -0.25) is 4.98 Å². The number of alkyl halides is 3. The summed E-state index contributed by atoms with van der Waals surface area (Å²) in [5, 5.41) is 0.312. The summed E-state index contributed by atoms with van der Waals surface area (Å²) in [5.74, 6) is 0. The molecule has 1 aromatic heterocycles. The van der Waals surface area contributed by atoms with Gasteiger partial charge in [-0.25, -0.2) is 0 Å². The van der Waals surface area contributed by atoms with E-state index in [9.17, 15) is 13.2 Å². The Kier molecular flexibility index (Phi) is 3.07. The molecule has 0 fully saturated rings. The molecule has 0 aliphatic heterocycles. The van der Waals surface area contributed by atoms with Crippen molar-refractivity contribution in [2.24, 2.45) is 0 Å². The van der Waals surface area contributed by atoms with Crippen molar-refractivity contribution in [3.8, 4) is 11.3 Å². The molecule has 17 heavy (non-hydrogen) atoms. The van der Waals surface area contributed by atoms with E-state index in [1.807, 2.05) is 0 Å². The molecule has 0 aliphatic rings. The molecule has 0 aliphatic carbocycles. The first-order valence-corrected chi connectivity index (χ1v) is 5.06. The lowest BCUT2D eigenvalue weighted by atomic mass is 10.1. The van der Waals surface area contributed by atoms with E-state index in [1.165, 1.54) is 18.3 Å². The summed E-state index contributed by atoms with van der Waals surface area (Å²) in [6.45, 7) is 0. The zero-order chi connectivity index (χ0) is 12.5. The maximum atomic E-state index is 12.5. The average Bonchev–Trinajstić information content (AvgIpc) is 2.29. The maximum Gasteiger partial charge on any atom is 0.417 e. The minimum atomic E-state index is -4.42. The van der Waals surface area contributed by atoms with Crippen LogP contribution in [0.3, 0.4) is 0 Å². The van der Waals surface area contributed by atoms with Crippen molar-refractivity contribution in [2.75, 3.05) is 0 Å². The number of nitrogens with zero attached hydrogens (tertiary/aromatic N) is 1. The van der Waals surface area contributed by atoms with Crippen LogP contribution in [0, 0.1) is 6.07 Å². The number of hydrogen-bond acceptors (Lipinski definition) is 1. The highest BCUT2D eigenvalue weighted by Crippen LogP contribution is 2.32. The largest absolute Gasteiger partial charge is 0.417 e. The van der Waals surface area contributed by atoms with E-state index in [1.54, 1.807) is 12.1 Å². The SMILES string of the molecule is FC(F)(F)c1[c]ccc(-c2ncccc2Cl)c1. The van der Waals surface area contributed by atoms with Gasteiger partial charge >= 0.3 is 6.18 Å². The fraction of sp³-hybridized carbons (Fsp3) is 0.0833. The van der Waals surface area contributed by atoms with Gasteiger partial charge in [-0.2, -0.15) is 13.2 Å². The monoisotopic (exact) mass is 256 g/mol. The molecule has 0 bridgehead atoms. The van der Waals surface area contributed by atoms with Crippen LogP contribution in [-0.2, 0) is 6.18 Å². The third kappa shape index (κ3) is 2.58. The topological polar surface area (TPSA) is 12.9 Å². The second-order valence-electron chi connectivity index (χ2n) is 3.32. The van der Waals surface area contributed by atoms with Crippen LogP contribution in [0.1, 0.15) is 5.56 Å². The molecule has 0 N–H and O–H groups in total. The van der Waals surface area contributed by atoms with Crippen LogP contribution in [0.2, 0.25) is 5.02 Å². The first-order valence-electron chi connectivity index (χ1n) is 4.68. The van der Waals surface area contributed by atoms with Crippen LogP contribution in [-0.4, -0.2) is 4.98 Å². The Hall–Kier alpha value is -1.55. The summed E-state index contributed by atoms with van der Waals surface area (Å²) in [4.78, 5) is 3.96. The first kappa shape index (κ1) is 11.9. The Morgan fingerprint density at radius 2 is 2.00 bits per heavy atom. The van der Waals surface area contributed by atoms with Crippen LogP contribution in [0.4, 0.5) is 13.2 Å². The van der Waals surface area contributed by atoms with Gasteiger partial charge in [0.2, 0.25) is 0 Å². The molecular formula is C12H6ClF3N. The molecule has 0 unspecified atom stereocenters. The van der Waals surface area contributed by atoms with E-state index >= 15 is 0 Å². The smallest absolute Gasteiger partial charge is 0.255 e. The molecule has 1 aromatic carbocycles. The van der Waals surface area contributed by atoms with E-state index in [0.717, 1.165) is 6.07 Å². The van der Waals surface area contributed by atoms with Crippen molar-refractivity contribution in [3.63, 3.8) is 0 Å². The van der Waals surface area contributed by atoms with E-state index in [2.05, 4.69) is 11.1 Å². The zero-order valence-electron chi connectivity index (χ0n) is 8.42. The van der Waals surface area contributed by atoms with E-state index in [0.29, 0.717) is 16.3 Å². The summed E-state index contributed by atoms with van der Waals surface area (Å²) in [5.41, 5.74) is -0.188. The predicted molar refractivity (Wildman–Crippen MR) is 58.5 cm³/mol. The van der Waals surface area contributed by atoms with E-state index < -0.39 is 11.7 Å². The summed E-state index contributed by atoms with van der Waals surface area (Å²) >= 11 is 5.87. The molecule has 0 atom stereocenters. The highest BCUT2D eigenvalue weighted by atomic mass is 35.5. The molecule has 2 aromatic rings. The minimum absolute atomic E-state index is 0.312. The van der Waals surface area contributed by atoms with Crippen LogP contribution in [0.25, 0.3) is 11.3 Å². The molecule has 1 nitrogen and oxygen atoms in total. The second kappa shape index (κ2) is 4.37. The molecule has 0 saturated carbocycles. The van der Waals surface area contributed by atoms with Crippen molar-refractivity contribution in [1.82, 2.24) is 4.98 Å². The van der Waals surface area contributed by atoms with Gasteiger partial charge in [0, 0.05) is 11.8 Å². The summed E-state index contributed by atoms with van der Waals surface area (Å²) in [6, 6.07) is 9.02. The van der Waals surface area contributed by atoms with Gasteiger partial charge in [-0.1, -0.05) is 23.7 Å². The summed E-state index contributed by atoms with van der Waals surface area (Å²) < 4.78 is 37.5. The molecule has 2 rings (SSSR count). The van der Waals surface area contributed by atoms with Crippen molar-refractivity contribution in [2.45, 2.75) is 6.18 Å². The van der Waals surface area contributed by atoms with E-state index in [-0.39, 0.29) is 0 Å². The third-order valence-electron chi connectivity index (χ3n) is 2.14. The molecule has 1 radical (unpaired) electrons. The zero-order valence-corrected chi connectivity index (χ0v) is 9.18. The van der Waals surface area contributed by atoms with Crippen molar-refractivity contribution < 1.29 is 13.2 Å². The Morgan fingerprint density at radius 1 is 1.24 bits per heavy atom. The highest BCUT2D eigenvalue weighted by Gasteiger charge is 2.30. The standard InChI is InChI=1S/C12H6ClF3N/c13-10-5-2-6-17-11(10)8-3-1-4-9(7-8)12(14,15)16/h1-3,5-7H. The lowest BCUT2D eigenvalue weighted by molar-refractivity contribution is -0.137. The van der Waals surface area contributed by atoms with Gasteiger partial charge in [0.1, 0.15) is 0 Å². The third-order valence-corrected chi connectivity index (χ3v) is 2.44. The summed E-state index contributed by atoms with van der Waals surface area (Å²) in [7, 11) is 0. The van der Waals surface area contributed by atoms with Crippen LogP contribution < -0.4 is 0 Å². The van der Waals surface area contributed by atoms with Crippen molar-refractivity contribution in [1.29, 1.82) is 0 Å². The lowest BCUT2D eigenvalue weighted by Crippen LogP contribution is -2.05. The van der Waals surface area contributed by atoms with Gasteiger partial charge in [0.25, 0.3) is 0 Å². The van der Waals surface area contributed by atoms with Gasteiger partial charge in [0.05, 0.1) is 16.3 Å². The molecule has 87 valence electrons. The number of pyridine rings is 1. The first-order chi connectivity index (χ1) is 7.98. The van der Waals surface area contributed by atoms with Crippen molar-refractivity contribution >= 4 is 11.6 Å². The molecule has 0 saturated heterocycles. The molecule has 1 heterocycles. The minimum Gasteiger partial charge on any atom is -0.255 e. The lowest BCUT2D eigenvalue weighted by Gasteiger charge is -2.08. The number of hydrogen-bond donors (Lipinski definition) is 0. The molecular weight excluding hydrogens is 251 g/mol. The van der Waals surface area contributed by atoms with Gasteiger partial charge in [-0.05, 0) is 24.3 Å². The molecule has 0 amide bonds. The Balaban J connectivity index is 2.51. The quantitative estimate of drug-likeness (QED) is 0.744. The fourth-order valence-electron chi connectivity index (χ4n) is 1.38. The Bertz CT molecular complexity index is 537. The van der Waals surface area contributed by atoms with Gasteiger partial charge in [0.15, 0.2) is 0 Å². The summed E-state index contributed by atoms with van der Waals surface area (Å²) in [6.07, 6.45) is -2.94. The number of rotatable bonds is 1. The Labute approximate surface area is 101 Å². The normalized spacial score (nSPS) is 11.5. The number of aromatic nitrogens is 1. The fourth-order valence-corrected chi connectivity index (χ4v) is 1.61. The van der Waals surface area contributed by atoms with Gasteiger partial charge < -0.3 is 0 Å². The second-order valence-corrected chi connectivity index (χ2v) is 3.73. The van der Waals surface area contributed by atoms with Gasteiger partial charge in [-0.15, -0.1) is 0 Å². The van der Waals surface area contributed by atoms with Crippen LogP contribution in [0.15, 0.2) is 36.5 Å². The van der Waals surface area contributed by atoms with Crippen LogP contribution in [0.5, 0.6) is 0 Å². The van der Waals surface area contributed by atoms with E-state index in [4.69, 9.17) is 11.6 Å². The number of halogens is 4.